The lowest BCUT2D eigenvalue weighted by atomic mass is 9.85. The second-order valence-electron chi connectivity index (χ2n) is 4.99. The van der Waals surface area contributed by atoms with Gasteiger partial charge in [-0.3, -0.25) is 0 Å². The van der Waals surface area contributed by atoms with Gasteiger partial charge < -0.3 is 17.0 Å². The number of fused-ring (bicyclic) bond motifs is 2. The highest BCUT2D eigenvalue weighted by molar-refractivity contribution is 8.14. The normalized spacial score (nSPS) is 26.2. The fourth-order valence-corrected chi connectivity index (χ4v) is 4.15. The Labute approximate surface area is 118 Å². The highest BCUT2D eigenvalue weighted by atomic mass is 79.9. The van der Waals surface area contributed by atoms with Crippen molar-refractivity contribution in [3.05, 3.63) is 35.4 Å². The van der Waals surface area contributed by atoms with Crippen LogP contribution in [-0.4, -0.2) is 27.5 Å². The average molecular weight is 312 g/mol. The van der Waals surface area contributed by atoms with Gasteiger partial charge in [-0.05, 0) is 11.6 Å². The van der Waals surface area contributed by atoms with Crippen LogP contribution in [0.1, 0.15) is 31.4 Å². The van der Waals surface area contributed by atoms with Gasteiger partial charge in [-0.2, -0.15) is 0 Å². The molecule has 2 heterocycles. The van der Waals surface area contributed by atoms with Crippen molar-refractivity contribution in [3.63, 3.8) is 0 Å². The summed E-state index contributed by atoms with van der Waals surface area (Å²) in [6, 6.07) is 8.92. The third-order valence-corrected chi connectivity index (χ3v) is 5.13. The number of hydrogen-bond donors (Lipinski definition) is 0. The van der Waals surface area contributed by atoms with E-state index in [4.69, 9.17) is 0 Å². The molecule has 0 fully saturated rings. The third kappa shape index (κ3) is 1.97. The Morgan fingerprint density at radius 2 is 2.12 bits per heavy atom. The van der Waals surface area contributed by atoms with Gasteiger partial charge in [-0.25, -0.2) is 4.58 Å². The number of hydrogen-bond acceptors (Lipinski definition) is 1. The van der Waals surface area contributed by atoms with Gasteiger partial charge in [0.05, 0.1) is 11.3 Å². The first kappa shape index (κ1) is 13.2. The quantitative estimate of drug-likeness (QED) is 0.656. The van der Waals surface area contributed by atoms with Gasteiger partial charge in [0, 0.05) is 19.8 Å². The SMILES string of the molecule is CCC1(C)Cc2ccccc2C2=[N+]1CCS2.[Br-]. The maximum Gasteiger partial charge on any atom is 0.243 e. The second kappa shape index (κ2) is 4.77. The van der Waals surface area contributed by atoms with Crippen molar-refractivity contribution in [3.8, 4) is 0 Å². The molecule has 1 atom stereocenters. The van der Waals surface area contributed by atoms with E-state index in [-0.39, 0.29) is 17.0 Å². The summed E-state index contributed by atoms with van der Waals surface area (Å²) in [5.74, 6) is 1.25. The highest BCUT2D eigenvalue weighted by Crippen LogP contribution is 2.35. The molecule has 2 aliphatic rings. The van der Waals surface area contributed by atoms with E-state index in [0.29, 0.717) is 5.54 Å². The van der Waals surface area contributed by atoms with Crippen molar-refractivity contribution in [1.82, 2.24) is 0 Å². The van der Waals surface area contributed by atoms with E-state index < -0.39 is 0 Å². The van der Waals surface area contributed by atoms with Crippen molar-refractivity contribution in [1.29, 1.82) is 0 Å². The first-order valence-electron chi connectivity index (χ1n) is 6.10. The van der Waals surface area contributed by atoms with Crippen LogP contribution >= 0.6 is 11.8 Å². The molecule has 1 nitrogen and oxygen atoms in total. The third-order valence-electron chi connectivity index (χ3n) is 4.03. The van der Waals surface area contributed by atoms with E-state index in [1.807, 2.05) is 11.8 Å². The summed E-state index contributed by atoms with van der Waals surface area (Å²) in [6.07, 6.45) is 2.43. The van der Waals surface area contributed by atoms with Crippen LogP contribution in [0, 0.1) is 0 Å². The molecule has 2 aliphatic heterocycles. The highest BCUT2D eigenvalue weighted by Gasteiger charge is 2.44. The topological polar surface area (TPSA) is 3.01 Å². The first-order valence-corrected chi connectivity index (χ1v) is 7.09. The summed E-state index contributed by atoms with van der Waals surface area (Å²) in [5.41, 5.74) is 3.36. The maximum atomic E-state index is 2.64. The van der Waals surface area contributed by atoms with Crippen LogP contribution in [0.15, 0.2) is 24.3 Å². The number of thioether (sulfide) groups is 1. The van der Waals surface area contributed by atoms with Gasteiger partial charge in [-0.15, -0.1) is 0 Å². The van der Waals surface area contributed by atoms with E-state index in [0.717, 1.165) is 0 Å². The molecule has 92 valence electrons. The van der Waals surface area contributed by atoms with Gasteiger partial charge in [0.25, 0.3) is 0 Å². The number of nitrogens with zero attached hydrogens (tertiary/aromatic N) is 1. The van der Waals surface area contributed by atoms with E-state index in [1.165, 1.54) is 41.3 Å². The number of benzene rings is 1. The molecule has 0 aromatic heterocycles. The zero-order valence-corrected chi connectivity index (χ0v) is 12.8. The van der Waals surface area contributed by atoms with E-state index >= 15 is 0 Å². The van der Waals surface area contributed by atoms with Gasteiger partial charge >= 0.3 is 0 Å². The van der Waals surface area contributed by atoms with Crippen molar-refractivity contribution >= 4 is 16.8 Å². The van der Waals surface area contributed by atoms with Crippen LogP contribution in [0.2, 0.25) is 0 Å². The summed E-state index contributed by atoms with van der Waals surface area (Å²) in [6.45, 7) is 5.95. The van der Waals surface area contributed by atoms with Crippen LogP contribution in [0.5, 0.6) is 0 Å². The summed E-state index contributed by atoms with van der Waals surface area (Å²) >= 11 is 2.03. The summed E-state index contributed by atoms with van der Waals surface area (Å²) in [5, 5.41) is 1.52. The Bertz CT molecular complexity index is 469. The molecule has 3 rings (SSSR count). The fraction of sp³-hybridized carbons (Fsp3) is 0.500. The Kier molecular flexibility index (Phi) is 3.69. The largest absolute Gasteiger partial charge is 1.00 e. The van der Waals surface area contributed by atoms with Crippen molar-refractivity contribution in [2.24, 2.45) is 0 Å². The zero-order chi connectivity index (χ0) is 11.2. The van der Waals surface area contributed by atoms with E-state index in [9.17, 15) is 0 Å². The second-order valence-corrected chi connectivity index (χ2v) is 6.07. The van der Waals surface area contributed by atoms with Crippen molar-refractivity contribution < 1.29 is 21.6 Å². The maximum absolute atomic E-state index is 2.64. The van der Waals surface area contributed by atoms with E-state index in [1.54, 1.807) is 0 Å². The summed E-state index contributed by atoms with van der Waals surface area (Å²) in [7, 11) is 0. The molecular weight excluding hydrogens is 294 g/mol. The van der Waals surface area contributed by atoms with Gasteiger partial charge in [0.1, 0.15) is 0 Å². The molecule has 0 amide bonds. The minimum atomic E-state index is 0. The van der Waals surface area contributed by atoms with Gasteiger partial charge in [0.2, 0.25) is 5.04 Å². The van der Waals surface area contributed by atoms with Crippen LogP contribution in [-0.2, 0) is 6.42 Å². The average Bonchev–Trinajstić information content (AvgIpc) is 2.79. The predicted octanol–water partition coefficient (Wildman–Crippen LogP) is -0.0787. The first-order chi connectivity index (χ1) is 7.74. The van der Waals surface area contributed by atoms with Crippen LogP contribution in [0.3, 0.4) is 0 Å². The molecule has 0 saturated carbocycles. The molecule has 0 spiro atoms. The minimum Gasteiger partial charge on any atom is -1.00 e. The minimum absolute atomic E-state index is 0. The smallest absolute Gasteiger partial charge is 0.243 e. The van der Waals surface area contributed by atoms with E-state index in [2.05, 4.69) is 42.7 Å². The Balaban J connectivity index is 0.00000108. The lowest BCUT2D eigenvalue weighted by Crippen LogP contribution is -3.00. The fourth-order valence-electron chi connectivity index (χ4n) is 2.86. The van der Waals surface area contributed by atoms with Gasteiger partial charge in [-0.1, -0.05) is 36.9 Å². The molecule has 0 bridgehead atoms. The Morgan fingerprint density at radius 3 is 2.88 bits per heavy atom. The molecule has 17 heavy (non-hydrogen) atoms. The summed E-state index contributed by atoms with van der Waals surface area (Å²) in [4.78, 5) is 0. The molecule has 0 radical (unpaired) electrons. The van der Waals surface area contributed by atoms with Crippen LogP contribution in [0.4, 0.5) is 0 Å². The Hall–Kier alpha value is -0.280. The molecule has 1 aromatic carbocycles. The molecular formula is C14H18BrNS. The monoisotopic (exact) mass is 311 g/mol. The number of rotatable bonds is 1. The zero-order valence-electron chi connectivity index (χ0n) is 10.4. The molecule has 1 aromatic rings. The number of halogens is 1. The van der Waals surface area contributed by atoms with Crippen molar-refractivity contribution in [2.45, 2.75) is 32.2 Å². The molecule has 0 saturated heterocycles. The molecule has 3 heteroatoms. The molecule has 0 N–H and O–H groups in total. The van der Waals surface area contributed by atoms with Crippen LogP contribution in [0.25, 0.3) is 0 Å². The predicted molar refractivity (Wildman–Crippen MR) is 70.5 cm³/mol. The summed E-state index contributed by atoms with van der Waals surface area (Å²) < 4.78 is 2.64. The van der Waals surface area contributed by atoms with Gasteiger partial charge in [0.15, 0.2) is 12.1 Å². The molecule has 1 unspecified atom stereocenters. The molecule has 0 aliphatic carbocycles. The lowest BCUT2D eigenvalue weighted by molar-refractivity contribution is -0.598. The van der Waals surface area contributed by atoms with Crippen LogP contribution < -0.4 is 17.0 Å². The standard InChI is InChI=1S/C14H18NS.BrH/c1-3-14(2)10-11-6-4-5-7-12(11)13-15(14)8-9-16-13;/h4-7H,3,8-10H2,1-2H3;1H/q+1;/p-1. The Morgan fingerprint density at radius 1 is 1.35 bits per heavy atom. The van der Waals surface area contributed by atoms with Crippen molar-refractivity contribution in [2.75, 3.05) is 12.3 Å². The lowest BCUT2D eigenvalue weighted by Gasteiger charge is -2.30.